The highest BCUT2D eigenvalue weighted by Crippen LogP contribution is 2.08. The van der Waals surface area contributed by atoms with Crippen LogP contribution in [0.5, 0.6) is 0 Å². The van der Waals surface area contributed by atoms with Gasteiger partial charge in [0.2, 0.25) is 11.8 Å². The van der Waals surface area contributed by atoms with Crippen molar-refractivity contribution in [3.63, 3.8) is 0 Å². The van der Waals surface area contributed by atoms with Gasteiger partial charge in [-0.3, -0.25) is 9.59 Å². The highest BCUT2D eigenvalue weighted by Gasteiger charge is 2.23. The van der Waals surface area contributed by atoms with E-state index >= 15 is 0 Å². The minimum absolute atomic E-state index is 0.0696. The summed E-state index contributed by atoms with van der Waals surface area (Å²) in [7, 11) is -3.94. The summed E-state index contributed by atoms with van der Waals surface area (Å²) in [6.07, 6.45) is 0.876. The first-order valence-electron chi connectivity index (χ1n) is 7.72. The summed E-state index contributed by atoms with van der Waals surface area (Å²) >= 11 is 0. The number of sulfonamides is 1. The first-order chi connectivity index (χ1) is 11.1. The van der Waals surface area contributed by atoms with Crippen LogP contribution in [0.4, 0.5) is 0 Å². The largest absolute Gasteiger partial charge is 0.337 e. The summed E-state index contributed by atoms with van der Waals surface area (Å²) in [4.78, 5) is 25.6. The van der Waals surface area contributed by atoms with Crippen LogP contribution in [0.15, 0.2) is 35.7 Å². The van der Waals surface area contributed by atoms with Gasteiger partial charge in [-0.2, -0.15) is 0 Å². The normalized spacial score (nSPS) is 11.9. The molecule has 0 fully saturated rings. The summed E-state index contributed by atoms with van der Waals surface area (Å²) in [6.45, 7) is 7.37. The second-order valence-corrected chi connectivity index (χ2v) is 7.52. The van der Waals surface area contributed by atoms with Crippen molar-refractivity contribution in [1.29, 1.82) is 0 Å². The van der Waals surface area contributed by atoms with Crippen LogP contribution in [-0.4, -0.2) is 37.2 Å². The van der Waals surface area contributed by atoms with Crippen LogP contribution in [0.2, 0.25) is 0 Å². The molecule has 0 unspecified atom stereocenters. The lowest BCUT2D eigenvalue weighted by atomic mass is 10.2. The quantitative estimate of drug-likeness (QED) is 0.762. The molecule has 0 saturated carbocycles. The molecular formula is C17H24N2O4S. The van der Waals surface area contributed by atoms with E-state index in [2.05, 4.69) is 0 Å². The Morgan fingerprint density at radius 2 is 1.62 bits per heavy atom. The van der Waals surface area contributed by atoms with Crippen LogP contribution >= 0.6 is 0 Å². The number of nitrogens with zero attached hydrogens (tertiary/aromatic N) is 1. The molecule has 0 saturated heterocycles. The van der Waals surface area contributed by atoms with Crippen molar-refractivity contribution in [3.8, 4) is 0 Å². The standard InChI is InChI=1S/C17H24N2O4S/c1-13(2)19(14(3)4)17(21)12-16(20)18-24(22,23)11-10-15-8-6-5-7-9-15/h5-11,13-14H,12H2,1-4H3,(H,18,20)/b11-10+. The molecular weight excluding hydrogens is 328 g/mol. The third-order valence-electron chi connectivity index (χ3n) is 3.21. The van der Waals surface area contributed by atoms with Crippen LogP contribution in [0.1, 0.15) is 39.7 Å². The molecule has 0 aliphatic carbocycles. The fourth-order valence-electron chi connectivity index (χ4n) is 2.36. The van der Waals surface area contributed by atoms with Gasteiger partial charge in [-0.15, -0.1) is 0 Å². The average molecular weight is 352 g/mol. The third-order valence-corrected chi connectivity index (χ3v) is 4.21. The Labute approximate surface area is 143 Å². The maximum Gasteiger partial charge on any atom is 0.257 e. The first kappa shape index (κ1) is 19.9. The molecule has 0 atom stereocenters. The molecule has 6 nitrogen and oxygen atoms in total. The summed E-state index contributed by atoms with van der Waals surface area (Å²) in [5.74, 6) is -1.25. The van der Waals surface area contributed by atoms with Gasteiger partial charge in [-0.25, -0.2) is 13.1 Å². The molecule has 1 rings (SSSR count). The molecule has 0 radical (unpaired) electrons. The van der Waals surface area contributed by atoms with Gasteiger partial charge in [0.1, 0.15) is 6.42 Å². The maximum absolute atomic E-state index is 12.2. The number of nitrogens with one attached hydrogen (secondary N) is 1. The summed E-state index contributed by atoms with van der Waals surface area (Å²) in [5.41, 5.74) is 0.692. The van der Waals surface area contributed by atoms with Crippen LogP contribution < -0.4 is 4.72 Å². The summed E-state index contributed by atoms with van der Waals surface area (Å²) in [5, 5.41) is 0.910. The smallest absolute Gasteiger partial charge is 0.257 e. The fourth-order valence-corrected chi connectivity index (χ4v) is 3.16. The van der Waals surface area contributed by atoms with E-state index in [0.717, 1.165) is 5.41 Å². The van der Waals surface area contributed by atoms with E-state index < -0.39 is 28.3 Å². The number of rotatable bonds is 7. The summed E-state index contributed by atoms with van der Waals surface area (Å²) < 4.78 is 25.7. The molecule has 7 heteroatoms. The first-order valence-corrected chi connectivity index (χ1v) is 9.27. The number of hydrogen-bond donors (Lipinski definition) is 1. The highest BCUT2D eigenvalue weighted by atomic mass is 32.2. The van der Waals surface area contributed by atoms with Gasteiger partial charge in [0.25, 0.3) is 10.0 Å². The topological polar surface area (TPSA) is 83.6 Å². The van der Waals surface area contributed by atoms with Gasteiger partial charge >= 0.3 is 0 Å². The lowest BCUT2D eigenvalue weighted by Gasteiger charge is -2.30. The van der Waals surface area contributed by atoms with Crippen molar-refractivity contribution in [2.24, 2.45) is 0 Å². The van der Waals surface area contributed by atoms with Gasteiger partial charge in [0.15, 0.2) is 0 Å². The zero-order valence-corrected chi connectivity index (χ0v) is 15.2. The van der Waals surface area contributed by atoms with Gasteiger partial charge in [-0.05, 0) is 39.3 Å². The molecule has 0 spiro atoms. The molecule has 1 aromatic carbocycles. The van der Waals surface area contributed by atoms with Crippen LogP contribution in [-0.2, 0) is 19.6 Å². The predicted octanol–water partition coefficient (Wildman–Crippen LogP) is 2.14. The monoisotopic (exact) mass is 352 g/mol. The van der Waals surface area contributed by atoms with Gasteiger partial charge in [0, 0.05) is 12.1 Å². The lowest BCUT2D eigenvalue weighted by molar-refractivity contribution is -0.138. The van der Waals surface area contributed by atoms with E-state index in [-0.39, 0.29) is 12.1 Å². The molecule has 0 bridgehead atoms. The Bertz CT molecular complexity index is 687. The Morgan fingerprint density at radius 3 is 2.12 bits per heavy atom. The SMILES string of the molecule is CC(C)N(C(=O)CC(=O)NS(=O)(=O)/C=C/c1ccccc1)C(C)C. The van der Waals surface area contributed by atoms with E-state index in [0.29, 0.717) is 5.56 Å². The number of amides is 2. The fraction of sp³-hybridized carbons (Fsp3) is 0.412. The van der Waals surface area contributed by atoms with E-state index in [1.54, 1.807) is 29.2 Å². The zero-order chi connectivity index (χ0) is 18.3. The number of carbonyl (C=O) groups is 2. The Kier molecular flexibility index (Phi) is 7.16. The molecule has 1 aromatic rings. The van der Waals surface area contributed by atoms with Gasteiger partial charge < -0.3 is 4.90 Å². The second-order valence-electron chi connectivity index (χ2n) is 5.95. The molecule has 0 aliphatic rings. The minimum atomic E-state index is -3.94. The van der Waals surface area contributed by atoms with Crippen molar-refractivity contribution in [1.82, 2.24) is 9.62 Å². The van der Waals surface area contributed by atoms with E-state index in [4.69, 9.17) is 0 Å². The lowest BCUT2D eigenvalue weighted by Crippen LogP contribution is -2.44. The van der Waals surface area contributed by atoms with Crippen molar-refractivity contribution in [2.45, 2.75) is 46.2 Å². The Hall–Kier alpha value is -2.15. The number of hydrogen-bond acceptors (Lipinski definition) is 4. The summed E-state index contributed by atoms with van der Waals surface area (Å²) in [6, 6.07) is 8.70. The average Bonchev–Trinajstić information content (AvgIpc) is 2.44. The van der Waals surface area contributed by atoms with Gasteiger partial charge in [-0.1, -0.05) is 30.3 Å². The molecule has 0 heterocycles. The molecule has 1 N–H and O–H groups in total. The van der Waals surface area contributed by atoms with E-state index in [1.807, 2.05) is 38.5 Å². The van der Waals surface area contributed by atoms with E-state index in [9.17, 15) is 18.0 Å². The highest BCUT2D eigenvalue weighted by molar-refractivity contribution is 7.93. The minimum Gasteiger partial charge on any atom is -0.337 e. The molecule has 132 valence electrons. The van der Waals surface area contributed by atoms with Crippen molar-refractivity contribution < 1.29 is 18.0 Å². The number of benzene rings is 1. The maximum atomic E-state index is 12.2. The van der Waals surface area contributed by atoms with Crippen LogP contribution in [0.25, 0.3) is 6.08 Å². The molecule has 24 heavy (non-hydrogen) atoms. The van der Waals surface area contributed by atoms with Crippen LogP contribution in [0.3, 0.4) is 0 Å². The molecule has 2 amide bonds. The number of carbonyl (C=O) groups excluding carboxylic acids is 2. The zero-order valence-electron chi connectivity index (χ0n) is 14.4. The Balaban J connectivity index is 2.69. The second kappa shape index (κ2) is 8.63. The third kappa shape index (κ3) is 6.54. The van der Waals surface area contributed by atoms with E-state index in [1.165, 1.54) is 6.08 Å². The van der Waals surface area contributed by atoms with Crippen molar-refractivity contribution in [2.75, 3.05) is 0 Å². The molecule has 0 aromatic heterocycles. The van der Waals surface area contributed by atoms with Crippen LogP contribution in [0, 0.1) is 0 Å². The Morgan fingerprint density at radius 1 is 1.08 bits per heavy atom. The van der Waals surface area contributed by atoms with Gasteiger partial charge in [0.05, 0.1) is 5.41 Å². The van der Waals surface area contributed by atoms with Crippen molar-refractivity contribution in [3.05, 3.63) is 41.3 Å². The van der Waals surface area contributed by atoms with Crippen molar-refractivity contribution >= 4 is 27.9 Å². The molecule has 0 aliphatic heterocycles. The predicted molar refractivity (Wildman–Crippen MR) is 94.3 cm³/mol.